The maximum atomic E-state index is 12.8. The number of benzene rings is 1. The summed E-state index contributed by atoms with van der Waals surface area (Å²) >= 11 is 0. The first-order chi connectivity index (χ1) is 14.5. The summed E-state index contributed by atoms with van der Waals surface area (Å²) < 4.78 is 11.1. The highest BCUT2D eigenvalue weighted by atomic mass is 16.5. The van der Waals surface area contributed by atoms with E-state index in [4.69, 9.17) is 9.15 Å². The summed E-state index contributed by atoms with van der Waals surface area (Å²) in [7, 11) is 1.35. The maximum Gasteiger partial charge on any atom is 0.336 e. The van der Waals surface area contributed by atoms with Gasteiger partial charge in [0.1, 0.15) is 11.3 Å². The minimum absolute atomic E-state index is 0.0209. The van der Waals surface area contributed by atoms with Crippen LogP contribution >= 0.6 is 0 Å². The zero-order chi connectivity index (χ0) is 21.3. The number of methoxy groups -OCH3 is 1. The molecule has 0 saturated carbocycles. The molecule has 2 aliphatic rings. The van der Waals surface area contributed by atoms with E-state index in [2.05, 4.69) is 10.6 Å². The number of nitrogens with zero attached hydrogens (tertiary/aromatic N) is 1. The Labute approximate surface area is 174 Å². The molecule has 8 heteroatoms. The van der Waals surface area contributed by atoms with E-state index in [9.17, 15) is 14.4 Å². The number of amides is 3. The van der Waals surface area contributed by atoms with Crippen molar-refractivity contribution in [2.45, 2.75) is 38.3 Å². The second-order valence-electron chi connectivity index (χ2n) is 7.61. The van der Waals surface area contributed by atoms with Gasteiger partial charge in [-0.25, -0.2) is 9.59 Å². The summed E-state index contributed by atoms with van der Waals surface area (Å²) in [4.78, 5) is 38.3. The molecule has 0 radical (unpaired) electrons. The molecule has 0 spiro atoms. The number of furan rings is 1. The Morgan fingerprint density at radius 2 is 1.93 bits per heavy atom. The molecule has 0 aliphatic carbocycles. The molecule has 8 nitrogen and oxygen atoms in total. The zero-order valence-electron chi connectivity index (χ0n) is 17.1. The van der Waals surface area contributed by atoms with Gasteiger partial charge in [0, 0.05) is 37.0 Å². The number of para-hydroxylation sites is 1. The number of hydrogen-bond donors (Lipinski definition) is 2. The van der Waals surface area contributed by atoms with Gasteiger partial charge in [0.25, 0.3) is 0 Å². The highest BCUT2D eigenvalue weighted by Gasteiger charge is 2.47. The molecule has 2 atom stereocenters. The normalized spacial score (nSPS) is 20.4. The number of carbonyl (C=O) groups is 3. The lowest BCUT2D eigenvalue weighted by molar-refractivity contribution is -0.136. The average molecular weight is 411 g/mol. The van der Waals surface area contributed by atoms with Crippen molar-refractivity contribution in [3.8, 4) is 0 Å². The number of urea groups is 1. The molecule has 2 aliphatic heterocycles. The number of fused-ring (bicyclic) bond motifs is 3. The third kappa shape index (κ3) is 3.65. The fourth-order valence-electron chi connectivity index (χ4n) is 4.45. The molecular weight excluding hydrogens is 386 g/mol. The Balaban J connectivity index is 1.63. The Morgan fingerprint density at radius 1 is 1.17 bits per heavy atom. The van der Waals surface area contributed by atoms with Crippen LogP contribution < -0.4 is 10.6 Å². The first-order valence-electron chi connectivity index (χ1n) is 10.1. The van der Waals surface area contributed by atoms with Crippen LogP contribution in [0.5, 0.6) is 0 Å². The molecule has 158 valence electrons. The summed E-state index contributed by atoms with van der Waals surface area (Å²) in [5.41, 5.74) is 2.06. The molecule has 2 aromatic rings. The average Bonchev–Trinajstić information content (AvgIpc) is 3.30. The smallest absolute Gasteiger partial charge is 0.336 e. The number of nitrogens with one attached hydrogen (secondary N) is 2. The highest BCUT2D eigenvalue weighted by molar-refractivity contribution is 6.01. The highest BCUT2D eigenvalue weighted by Crippen LogP contribution is 2.44. The molecule has 2 N–H and O–H groups in total. The van der Waals surface area contributed by atoms with Gasteiger partial charge in [-0.3, -0.25) is 4.79 Å². The molecule has 30 heavy (non-hydrogen) atoms. The summed E-state index contributed by atoms with van der Waals surface area (Å²) in [6, 6.07) is 9.02. The van der Waals surface area contributed by atoms with Crippen molar-refractivity contribution in [2.75, 3.05) is 20.2 Å². The molecule has 0 unspecified atom stereocenters. The molecule has 2 bridgehead atoms. The standard InChI is InChI=1S/C22H25N3O5/c1-13(26)23-9-10-24-22(28)25-15-7-8-17(25)20(21(27)29-2)16(12-15)19-11-14-5-3-4-6-18(14)30-19/h3-6,11,15,17H,7-10,12H2,1-2H3,(H,23,26)(H,24,28)/t15-,17+/m0/s1. The fraction of sp³-hybridized carbons (Fsp3) is 0.409. The van der Waals surface area contributed by atoms with Crippen molar-refractivity contribution >= 4 is 34.4 Å². The molecule has 1 fully saturated rings. The topological polar surface area (TPSA) is 101 Å². The third-order valence-corrected chi connectivity index (χ3v) is 5.74. The summed E-state index contributed by atoms with van der Waals surface area (Å²) in [6.45, 7) is 2.11. The second kappa shape index (κ2) is 8.22. The van der Waals surface area contributed by atoms with E-state index in [1.807, 2.05) is 30.3 Å². The Bertz CT molecular complexity index is 992. The van der Waals surface area contributed by atoms with E-state index in [-0.39, 0.29) is 24.0 Å². The number of ether oxygens (including phenoxy) is 1. The van der Waals surface area contributed by atoms with Gasteiger partial charge in [-0.2, -0.15) is 0 Å². The molecular formula is C22H25N3O5. The lowest BCUT2D eigenvalue weighted by Gasteiger charge is -2.36. The van der Waals surface area contributed by atoms with Crippen molar-refractivity contribution in [1.82, 2.24) is 15.5 Å². The van der Waals surface area contributed by atoms with E-state index in [1.54, 1.807) is 4.90 Å². The first-order valence-corrected chi connectivity index (χ1v) is 10.1. The SMILES string of the molecule is COC(=O)C1=C(c2cc3ccccc3o2)C[C@@H]2CC[C@H]1N2C(=O)NCCNC(C)=O. The monoisotopic (exact) mass is 411 g/mol. The van der Waals surface area contributed by atoms with Gasteiger partial charge in [-0.15, -0.1) is 0 Å². The van der Waals surface area contributed by atoms with E-state index < -0.39 is 5.97 Å². The van der Waals surface area contributed by atoms with E-state index in [0.717, 1.165) is 23.0 Å². The Hall–Kier alpha value is -3.29. The first kappa shape index (κ1) is 20.0. The Kier molecular flexibility index (Phi) is 5.48. The number of esters is 1. The van der Waals surface area contributed by atoms with Crippen LogP contribution in [0.15, 0.2) is 40.3 Å². The lowest BCUT2D eigenvalue weighted by atomic mass is 9.91. The summed E-state index contributed by atoms with van der Waals surface area (Å²) in [6.07, 6.45) is 2.02. The second-order valence-corrected chi connectivity index (χ2v) is 7.61. The van der Waals surface area contributed by atoms with Gasteiger partial charge in [-0.1, -0.05) is 18.2 Å². The van der Waals surface area contributed by atoms with Gasteiger partial charge in [0.15, 0.2) is 0 Å². The third-order valence-electron chi connectivity index (χ3n) is 5.74. The minimum atomic E-state index is -0.438. The van der Waals surface area contributed by atoms with Crippen molar-refractivity contribution < 1.29 is 23.5 Å². The zero-order valence-corrected chi connectivity index (χ0v) is 17.1. The lowest BCUT2D eigenvalue weighted by Crippen LogP contribution is -2.51. The van der Waals surface area contributed by atoms with Crippen LogP contribution in [0.3, 0.4) is 0 Å². The molecule has 1 aromatic carbocycles. The molecule has 3 heterocycles. The van der Waals surface area contributed by atoms with Crippen LogP contribution in [-0.2, 0) is 14.3 Å². The maximum absolute atomic E-state index is 12.8. The summed E-state index contributed by atoms with van der Waals surface area (Å²) in [5, 5.41) is 6.45. The van der Waals surface area contributed by atoms with Gasteiger partial charge >= 0.3 is 12.0 Å². The van der Waals surface area contributed by atoms with E-state index in [0.29, 0.717) is 37.3 Å². The Morgan fingerprint density at radius 3 is 2.67 bits per heavy atom. The van der Waals surface area contributed by atoms with Crippen LogP contribution in [0, 0.1) is 0 Å². The van der Waals surface area contributed by atoms with Crippen LogP contribution in [0.25, 0.3) is 16.5 Å². The van der Waals surface area contributed by atoms with Crippen molar-refractivity contribution in [3.05, 3.63) is 41.7 Å². The quantitative estimate of drug-likeness (QED) is 0.581. The van der Waals surface area contributed by atoms with E-state index >= 15 is 0 Å². The van der Waals surface area contributed by atoms with Crippen molar-refractivity contribution in [3.63, 3.8) is 0 Å². The summed E-state index contributed by atoms with van der Waals surface area (Å²) in [5.74, 6) is 0.0692. The predicted molar refractivity (Wildman–Crippen MR) is 110 cm³/mol. The van der Waals surface area contributed by atoms with Gasteiger partial charge in [0.2, 0.25) is 5.91 Å². The largest absolute Gasteiger partial charge is 0.466 e. The molecule has 3 amide bonds. The van der Waals surface area contributed by atoms with Gasteiger partial charge in [-0.05, 0) is 31.4 Å². The molecule has 1 aromatic heterocycles. The van der Waals surface area contributed by atoms with Crippen LogP contribution in [0.4, 0.5) is 4.79 Å². The number of carbonyl (C=O) groups excluding carboxylic acids is 3. The van der Waals surface area contributed by atoms with Crippen LogP contribution in [-0.4, -0.2) is 55.1 Å². The van der Waals surface area contributed by atoms with Crippen molar-refractivity contribution in [2.24, 2.45) is 0 Å². The van der Waals surface area contributed by atoms with Gasteiger partial charge < -0.3 is 24.7 Å². The predicted octanol–water partition coefficient (Wildman–Crippen LogP) is 2.44. The fourth-order valence-corrected chi connectivity index (χ4v) is 4.45. The van der Waals surface area contributed by atoms with Crippen LogP contribution in [0.2, 0.25) is 0 Å². The molecule has 4 rings (SSSR count). The molecule has 1 saturated heterocycles. The minimum Gasteiger partial charge on any atom is -0.466 e. The van der Waals surface area contributed by atoms with E-state index in [1.165, 1.54) is 14.0 Å². The van der Waals surface area contributed by atoms with Gasteiger partial charge in [0.05, 0.1) is 18.7 Å². The number of rotatable bonds is 5. The number of hydrogen-bond acceptors (Lipinski definition) is 5. The van der Waals surface area contributed by atoms with Crippen LogP contribution in [0.1, 0.15) is 31.9 Å². The van der Waals surface area contributed by atoms with Crippen molar-refractivity contribution in [1.29, 1.82) is 0 Å².